The van der Waals surface area contributed by atoms with Crippen LogP contribution in [0.25, 0.3) is 0 Å². The molecule has 1 aromatic rings. The third kappa shape index (κ3) is 5.19. The van der Waals surface area contributed by atoms with Crippen molar-refractivity contribution in [3.63, 3.8) is 0 Å². The van der Waals surface area contributed by atoms with Crippen molar-refractivity contribution < 1.29 is 9.90 Å². The highest BCUT2D eigenvalue weighted by Crippen LogP contribution is 2.11. The van der Waals surface area contributed by atoms with Crippen LogP contribution in [0.4, 0.5) is 4.79 Å². The van der Waals surface area contributed by atoms with Crippen LogP contribution in [0, 0.1) is 5.92 Å². The van der Waals surface area contributed by atoms with Crippen molar-refractivity contribution in [1.29, 1.82) is 0 Å². The molecule has 0 radical (unpaired) electrons. The Morgan fingerprint density at radius 1 is 1.28 bits per heavy atom. The predicted octanol–water partition coefficient (Wildman–Crippen LogP) is 2.07. The first-order chi connectivity index (χ1) is 8.63. The van der Waals surface area contributed by atoms with Crippen LogP contribution in [-0.4, -0.2) is 24.3 Å². The standard InChI is InChI=1S/C14H22N2O2/c1-11(2)8-9-15-14(18)16-13(10-17)12-6-4-3-5-7-12/h3-7,11,13,17H,8-10H2,1-2H3,(H2,15,16,18). The van der Waals surface area contributed by atoms with Gasteiger partial charge >= 0.3 is 6.03 Å². The SMILES string of the molecule is CC(C)CCNC(=O)NC(CO)c1ccccc1. The number of carbonyl (C=O) groups is 1. The predicted molar refractivity (Wildman–Crippen MR) is 72.3 cm³/mol. The van der Waals surface area contributed by atoms with E-state index in [2.05, 4.69) is 24.5 Å². The van der Waals surface area contributed by atoms with Gasteiger partial charge in [-0.15, -0.1) is 0 Å². The zero-order valence-electron chi connectivity index (χ0n) is 11.0. The number of hydrogen-bond acceptors (Lipinski definition) is 2. The summed E-state index contributed by atoms with van der Waals surface area (Å²) in [6.45, 7) is 4.76. The van der Waals surface area contributed by atoms with Crippen molar-refractivity contribution in [2.24, 2.45) is 5.92 Å². The highest BCUT2D eigenvalue weighted by molar-refractivity contribution is 5.74. The van der Waals surface area contributed by atoms with Crippen LogP contribution < -0.4 is 10.6 Å². The van der Waals surface area contributed by atoms with E-state index in [-0.39, 0.29) is 18.7 Å². The van der Waals surface area contributed by atoms with Crippen LogP contribution in [0.15, 0.2) is 30.3 Å². The first-order valence-electron chi connectivity index (χ1n) is 6.33. The number of urea groups is 1. The first-order valence-corrected chi connectivity index (χ1v) is 6.33. The number of aliphatic hydroxyl groups is 1. The van der Waals surface area contributed by atoms with Gasteiger partial charge in [-0.3, -0.25) is 0 Å². The molecule has 1 rings (SSSR count). The molecular formula is C14H22N2O2. The molecule has 0 saturated carbocycles. The lowest BCUT2D eigenvalue weighted by Gasteiger charge is -2.17. The molecule has 18 heavy (non-hydrogen) atoms. The molecule has 0 aromatic heterocycles. The van der Waals surface area contributed by atoms with Crippen LogP contribution in [0.1, 0.15) is 31.9 Å². The maximum absolute atomic E-state index is 11.6. The van der Waals surface area contributed by atoms with Crippen molar-refractivity contribution >= 4 is 6.03 Å². The molecule has 0 aliphatic carbocycles. The van der Waals surface area contributed by atoms with Crippen LogP contribution in [0.2, 0.25) is 0 Å². The fourth-order valence-corrected chi connectivity index (χ4v) is 1.60. The van der Waals surface area contributed by atoms with Crippen molar-refractivity contribution in [3.05, 3.63) is 35.9 Å². The normalized spacial score (nSPS) is 12.2. The van der Waals surface area contributed by atoms with Gasteiger partial charge in [0.05, 0.1) is 12.6 Å². The molecule has 100 valence electrons. The van der Waals surface area contributed by atoms with Gasteiger partial charge in [-0.1, -0.05) is 44.2 Å². The van der Waals surface area contributed by atoms with E-state index in [9.17, 15) is 9.90 Å². The molecule has 0 saturated heterocycles. The maximum atomic E-state index is 11.6. The zero-order chi connectivity index (χ0) is 13.4. The van der Waals surface area contributed by atoms with E-state index in [1.54, 1.807) is 0 Å². The minimum Gasteiger partial charge on any atom is -0.394 e. The lowest BCUT2D eigenvalue weighted by molar-refractivity contribution is 0.216. The van der Waals surface area contributed by atoms with E-state index < -0.39 is 0 Å². The average Bonchev–Trinajstić information content (AvgIpc) is 2.36. The van der Waals surface area contributed by atoms with Crippen molar-refractivity contribution in [1.82, 2.24) is 10.6 Å². The monoisotopic (exact) mass is 250 g/mol. The van der Waals surface area contributed by atoms with Gasteiger partial charge in [-0.25, -0.2) is 4.79 Å². The van der Waals surface area contributed by atoms with E-state index in [4.69, 9.17) is 0 Å². The summed E-state index contributed by atoms with van der Waals surface area (Å²) < 4.78 is 0. The lowest BCUT2D eigenvalue weighted by Crippen LogP contribution is -2.39. The number of benzene rings is 1. The highest BCUT2D eigenvalue weighted by Gasteiger charge is 2.12. The number of rotatable bonds is 6. The summed E-state index contributed by atoms with van der Waals surface area (Å²) in [5, 5.41) is 14.8. The minimum atomic E-state index is -0.356. The van der Waals surface area contributed by atoms with Gasteiger partial charge in [0.15, 0.2) is 0 Å². The second-order valence-corrected chi connectivity index (χ2v) is 4.73. The summed E-state index contributed by atoms with van der Waals surface area (Å²) in [6.07, 6.45) is 0.947. The van der Waals surface area contributed by atoms with E-state index in [1.807, 2.05) is 30.3 Å². The molecule has 4 heteroatoms. The van der Waals surface area contributed by atoms with E-state index in [0.717, 1.165) is 12.0 Å². The van der Waals surface area contributed by atoms with Crippen LogP contribution in [0.3, 0.4) is 0 Å². The summed E-state index contributed by atoms with van der Waals surface area (Å²) in [5.74, 6) is 0.563. The van der Waals surface area contributed by atoms with Gasteiger partial charge in [-0.2, -0.15) is 0 Å². The smallest absolute Gasteiger partial charge is 0.315 e. The summed E-state index contributed by atoms with van der Waals surface area (Å²) in [7, 11) is 0. The average molecular weight is 250 g/mol. The summed E-state index contributed by atoms with van der Waals surface area (Å²) in [5.41, 5.74) is 0.902. The van der Waals surface area contributed by atoms with Crippen molar-refractivity contribution in [3.8, 4) is 0 Å². The quantitative estimate of drug-likeness (QED) is 0.723. The molecular weight excluding hydrogens is 228 g/mol. The third-order valence-corrected chi connectivity index (χ3v) is 2.70. The summed E-state index contributed by atoms with van der Waals surface area (Å²) in [4.78, 5) is 11.6. The molecule has 0 heterocycles. The van der Waals surface area contributed by atoms with Gasteiger partial charge in [0.25, 0.3) is 0 Å². The summed E-state index contributed by atoms with van der Waals surface area (Å²) >= 11 is 0. The van der Waals surface area contributed by atoms with Gasteiger partial charge in [0, 0.05) is 6.54 Å². The second kappa shape index (κ2) is 7.71. The maximum Gasteiger partial charge on any atom is 0.315 e. The Hall–Kier alpha value is -1.55. The summed E-state index contributed by atoms with van der Waals surface area (Å²) in [6, 6.07) is 8.85. The fraction of sp³-hybridized carbons (Fsp3) is 0.500. The largest absolute Gasteiger partial charge is 0.394 e. The molecule has 0 bridgehead atoms. The van der Waals surface area contributed by atoms with E-state index >= 15 is 0 Å². The molecule has 0 aliphatic rings. The fourth-order valence-electron chi connectivity index (χ4n) is 1.60. The van der Waals surface area contributed by atoms with Crippen LogP contribution in [0.5, 0.6) is 0 Å². The van der Waals surface area contributed by atoms with E-state index in [1.165, 1.54) is 0 Å². The Kier molecular flexibility index (Phi) is 6.22. The molecule has 1 atom stereocenters. The number of amides is 2. The minimum absolute atomic E-state index is 0.110. The second-order valence-electron chi connectivity index (χ2n) is 4.73. The van der Waals surface area contributed by atoms with Crippen LogP contribution in [-0.2, 0) is 0 Å². The molecule has 3 N–H and O–H groups in total. The Labute approximate surface area is 108 Å². The number of hydrogen-bond donors (Lipinski definition) is 3. The van der Waals surface area contributed by atoms with Gasteiger partial charge in [0.1, 0.15) is 0 Å². The molecule has 0 aliphatic heterocycles. The van der Waals surface area contributed by atoms with Gasteiger partial charge in [-0.05, 0) is 17.9 Å². The van der Waals surface area contributed by atoms with E-state index in [0.29, 0.717) is 12.5 Å². The number of carbonyl (C=O) groups excluding carboxylic acids is 1. The number of aliphatic hydroxyl groups excluding tert-OH is 1. The zero-order valence-corrected chi connectivity index (χ0v) is 11.0. The Morgan fingerprint density at radius 3 is 2.50 bits per heavy atom. The van der Waals surface area contributed by atoms with Gasteiger partial charge < -0.3 is 15.7 Å². The topological polar surface area (TPSA) is 61.4 Å². The Bertz CT molecular complexity index is 352. The van der Waals surface area contributed by atoms with Crippen LogP contribution >= 0.6 is 0 Å². The molecule has 4 nitrogen and oxygen atoms in total. The third-order valence-electron chi connectivity index (χ3n) is 2.70. The molecule has 2 amide bonds. The van der Waals surface area contributed by atoms with Crippen molar-refractivity contribution in [2.75, 3.05) is 13.2 Å². The van der Waals surface area contributed by atoms with Crippen molar-refractivity contribution in [2.45, 2.75) is 26.3 Å². The Balaban J connectivity index is 2.41. The lowest BCUT2D eigenvalue weighted by atomic mass is 10.1. The van der Waals surface area contributed by atoms with Gasteiger partial charge in [0.2, 0.25) is 0 Å². The molecule has 0 spiro atoms. The highest BCUT2D eigenvalue weighted by atomic mass is 16.3. The Morgan fingerprint density at radius 2 is 1.94 bits per heavy atom. The molecule has 0 fully saturated rings. The number of nitrogens with one attached hydrogen (secondary N) is 2. The molecule has 1 unspecified atom stereocenters. The first kappa shape index (κ1) is 14.5. The molecule has 1 aromatic carbocycles.